The Balaban J connectivity index is 1.36. The second-order valence-electron chi connectivity index (χ2n) is 9.05. The van der Waals surface area contributed by atoms with Crippen molar-refractivity contribution in [3.05, 3.63) is 65.1 Å². The summed E-state index contributed by atoms with van der Waals surface area (Å²) in [6, 6.07) is 11.7. The van der Waals surface area contributed by atoms with E-state index in [1.54, 1.807) is 43.1 Å². The maximum absolute atomic E-state index is 15.5. The fourth-order valence-electron chi connectivity index (χ4n) is 4.86. The standard InChI is InChI=1S/C27H29ClF2N2O3S/c1-35-19-6-8-25-21(14-19)26(23(28)15-31-25)24(30)7-5-17-9-10-32(16-22(17)27(33)34)11-12-36-20-4-2-3-18(29)13-20/h2-4,6,8,13-15,17,22,24H,5,7,9-12,16H2,1H3,(H,33,34)/t17?,22?,24-/m1/s1. The van der Waals surface area contributed by atoms with E-state index >= 15 is 4.39 Å². The first kappa shape index (κ1) is 26.6. The molecule has 1 aliphatic rings. The van der Waals surface area contributed by atoms with E-state index in [0.29, 0.717) is 48.1 Å². The molecule has 2 aromatic carbocycles. The number of methoxy groups -OCH3 is 1. The van der Waals surface area contributed by atoms with Crippen molar-refractivity contribution in [3.8, 4) is 5.75 Å². The number of benzene rings is 2. The maximum atomic E-state index is 15.5. The quantitative estimate of drug-likeness (QED) is 0.294. The number of halogens is 3. The molecule has 0 aliphatic carbocycles. The lowest BCUT2D eigenvalue weighted by Gasteiger charge is -2.36. The number of pyridine rings is 1. The molecule has 0 spiro atoms. The molecule has 2 heterocycles. The van der Waals surface area contributed by atoms with E-state index in [1.165, 1.54) is 18.3 Å². The van der Waals surface area contributed by atoms with Gasteiger partial charge in [0.2, 0.25) is 0 Å². The fraction of sp³-hybridized carbons (Fsp3) is 0.407. The van der Waals surface area contributed by atoms with E-state index in [2.05, 4.69) is 9.88 Å². The second-order valence-corrected chi connectivity index (χ2v) is 10.6. The maximum Gasteiger partial charge on any atom is 0.308 e. The molecule has 5 nitrogen and oxygen atoms in total. The number of ether oxygens (including phenoxy) is 1. The van der Waals surface area contributed by atoms with Gasteiger partial charge in [0, 0.05) is 40.9 Å². The Morgan fingerprint density at radius 2 is 2.17 bits per heavy atom. The number of piperidine rings is 1. The van der Waals surface area contributed by atoms with Gasteiger partial charge in [0.1, 0.15) is 17.7 Å². The summed E-state index contributed by atoms with van der Waals surface area (Å²) in [7, 11) is 1.55. The number of carbonyl (C=O) groups is 1. The van der Waals surface area contributed by atoms with Crippen molar-refractivity contribution in [2.75, 3.05) is 32.5 Å². The van der Waals surface area contributed by atoms with Gasteiger partial charge < -0.3 is 14.7 Å². The van der Waals surface area contributed by atoms with Crippen molar-refractivity contribution < 1.29 is 23.4 Å². The van der Waals surface area contributed by atoms with E-state index in [1.807, 2.05) is 6.07 Å². The molecule has 0 bridgehead atoms. The number of hydrogen-bond acceptors (Lipinski definition) is 5. The second kappa shape index (κ2) is 12.2. The molecular weight excluding hydrogens is 506 g/mol. The Kier molecular flexibility index (Phi) is 9.04. The van der Waals surface area contributed by atoms with E-state index in [9.17, 15) is 14.3 Å². The van der Waals surface area contributed by atoms with Crippen molar-refractivity contribution in [3.63, 3.8) is 0 Å². The van der Waals surface area contributed by atoms with Crippen LogP contribution in [0.3, 0.4) is 0 Å². The number of alkyl halides is 1. The molecule has 1 aromatic heterocycles. The molecule has 3 atom stereocenters. The van der Waals surface area contributed by atoms with E-state index in [-0.39, 0.29) is 23.2 Å². The Hall–Kier alpha value is -2.42. The summed E-state index contributed by atoms with van der Waals surface area (Å²) < 4.78 is 34.2. The Bertz CT molecular complexity index is 1210. The van der Waals surface area contributed by atoms with Crippen molar-refractivity contribution in [2.24, 2.45) is 11.8 Å². The number of likely N-dealkylation sites (tertiary alicyclic amines) is 1. The first-order valence-electron chi connectivity index (χ1n) is 12.0. The van der Waals surface area contributed by atoms with Crippen molar-refractivity contribution >= 4 is 40.2 Å². The lowest BCUT2D eigenvalue weighted by molar-refractivity contribution is -0.146. The molecule has 1 aliphatic heterocycles. The fourth-order valence-corrected chi connectivity index (χ4v) is 6.09. The summed E-state index contributed by atoms with van der Waals surface area (Å²) in [5, 5.41) is 10.7. The molecule has 0 amide bonds. The zero-order valence-electron chi connectivity index (χ0n) is 20.0. The van der Waals surface area contributed by atoms with Crippen molar-refractivity contribution in [1.82, 2.24) is 9.88 Å². The average molecular weight is 535 g/mol. The number of nitrogens with zero attached hydrogens (tertiary/aromatic N) is 2. The molecule has 1 fully saturated rings. The monoisotopic (exact) mass is 534 g/mol. The summed E-state index contributed by atoms with van der Waals surface area (Å²) in [6.07, 6.45) is 1.44. The minimum absolute atomic E-state index is 0.116. The number of carboxylic acids is 1. The predicted molar refractivity (Wildman–Crippen MR) is 139 cm³/mol. The average Bonchev–Trinajstić information content (AvgIpc) is 2.87. The largest absolute Gasteiger partial charge is 0.497 e. The van der Waals surface area contributed by atoms with Gasteiger partial charge in [0.15, 0.2) is 0 Å². The Morgan fingerprint density at radius 3 is 2.92 bits per heavy atom. The number of carboxylic acid groups (broad SMARTS) is 1. The van der Waals surface area contributed by atoms with Gasteiger partial charge in [-0.05, 0) is 68.1 Å². The third-order valence-electron chi connectivity index (χ3n) is 6.80. The zero-order chi connectivity index (χ0) is 25.7. The van der Waals surface area contributed by atoms with Crippen LogP contribution in [-0.4, -0.2) is 53.5 Å². The number of hydrogen-bond donors (Lipinski definition) is 1. The molecular formula is C27H29ClF2N2O3S. The van der Waals surface area contributed by atoms with Crippen LogP contribution >= 0.6 is 23.4 Å². The van der Waals surface area contributed by atoms with Crippen LogP contribution in [0, 0.1) is 17.7 Å². The van der Waals surface area contributed by atoms with Gasteiger partial charge in [-0.25, -0.2) is 8.78 Å². The third-order valence-corrected chi connectivity index (χ3v) is 8.08. The highest BCUT2D eigenvalue weighted by Crippen LogP contribution is 2.38. The van der Waals surface area contributed by atoms with Crippen molar-refractivity contribution in [1.29, 1.82) is 0 Å². The molecule has 1 N–H and O–H groups in total. The predicted octanol–water partition coefficient (Wildman–Crippen LogP) is 6.64. The lowest BCUT2D eigenvalue weighted by Crippen LogP contribution is -2.44. The molecule has 9 heteroatoms. The molecule has 192 valence electrons. The number of rotatable bonds is 10. The minimum atomic E-state index is -1.34. The number of thioether (sulfide) groups is 1. The van der Waals surface area contributed by atoms with Gasteiger partial charge in [-0.3, -0.25) is 9.78 Å². The van der Waals surface area contributed by atoms with Crippen molar-refractivity contribution in [2.45, 2.75) is 30.3 Å². The molecule has 3 aromatic rings. The van der Waals surface area contributed by atoms with Crippen LogP contribution in [0.15, 0.2) is 53.6 Å². The summed E-state index contributed by atoms with van der Waals surface area (Å²) in [5.74, 6) is -0.462. The molecule has 0 saturated carbocycles. The number of aliphatic carboxylic acids is 1. The first-order valence-corrected chi connectivity index (χ1v) is 13.3. The van der Waals surface area contributed by atoms with Crippen LogP contribution in [0.1, 0.15) is 31.0 Å². The molecule has 2 unspecified atom stereocenters. The van der Waals surface area contributed by atoms with E-state index < -0.39 is 18.1 Å². The SMILES string of the molecule is COc1ccc2ncc(Cl)c([C@H](F)CCC3CCN(CCSc4cccc(F)c4)CC3C(=O)O)c2c1. The number of aromatic nitrogens is 1. The Labute approximate surface area is 218 Å². The summed E-state index contributed by atoms with van der Waals surface area (Å²) in [6.45, 7) is 1.89. The van der Waals surface area contributed by atoms with E-state index in [4.69, 9.17) is 16.3 Å². The molecule has 1 saturated heterocycles. The van der Waals surface area contributed by atoms with Gasteiger partial charge in [-0.15, -0.1) is 11.8 Å². The number of fused-ring (bicyclic) bond motifs is 1. The van der Waals surface area contributed by atoms with Crippen LogP contribution in [0.4, 0.5) is 8.78 Å². The zero-order valence-corrected chi connectivity index (χ0v) is 21.6. The summed E-state index contributed by atoms with van der Waals surface area (Å²) >= 11 is 7.90. The lowest BCUT2D eigenvalue weighted by atomic mass is 9.81. The van der Waals surface area contributed by atoms with Gasteiger partial charge >= 0.3 is 5.97 Å². The topological polar surface area (TPSA) is 62.7 Å². The van der Waals surface area contributed by atoms with Gasteiger partial charge in [-0.1, -0.05) is 17.7 Å². The molecule has 4 rings (SSSR count). The van der Waals surface area contributed by atoms with Crippen LogP contribution in [0.2, 0.25) is 5.02 Å². The van der Waals surface area contributed by atoms with Crippen LogP contribution < -0.4 is 4.74 Å². The third kappa shape index (κ3) is 6.47. The normalized spacial score (nSPS) is 19.3. The molecule has 0 radical (unpaired) electrons. The minimum Gasteiger partial charge on any atom is -0.497 e. The van der Waals surface area contributed by atoms with E-state index in [0.717, 1.165) is 17.2 Å². The summed E-state index contributed by atoms with van der Waals surface area (Å²) in [5.41, 5.74) is 1.00. The van der Waals surface area contributed by atoms with Crippen LogP contribution in [0.25, 0.3) is 10.9 Å². The highest BCUT2D eigenvalue weighted by Gasteiger charge is 2.34. The van der Waals surface area contributed by atoms with Gasteiger partial charge in [-0.2, -0.15) is 0 Å². The highest BCUT2D eigenvalue weighted by molar-refractivity contribution is 7.99. The highest BCUT2D eigenvalue weighted by atomic mass is 35.5. The van der Waals surface area contributed by atoms with Gasteiger partial charge in [0.25, 0.3) is 0 Å². The van der Waals surface area contributed by atoms with Gasteiger partial charge in [0.05, 0.1) is 23.6 Å². The first-order chi connectivity index (χ1) is 17.4. The van der Waals surface area contributed by atoms with Crippen LogP contribution in [-0.2, 0) is 4.79 Å². The summed E-state index contributed by atoms with van der Waals surface area (Å²) in [4.78, 5) is 19.3. The molecule has 36 heavy (non-hydrogen) atoms. The van der Waals surface area contributed by atoms with Crippen LogP contribution in [0.5, 0.6) is 5.75 Å². The smallest absolute Gasteiger partial charge is 0.308 e. The Morgan fingerprint density at radius 1 is 1.33 bits per heavy atom.